The van der Waals surface area contributed by atoms with Crippen molar-refractivity contribution in [1.82, 2.24) is 0 Å². The van der Waals surface area contributed by atoms with Gasteiger partial charge in [-0.2, -0.15) is 0 Å². The van der Waals surface area contributed by atoms with Crippen LogP contribution in [0.1, 0.15) is 31.7 Å². The summed E-state index contributed by atoms with van der Waals surface area (Å²) >= 11 is 0. The van der Waals surface area contributed by atoms with Crippen molar-refractivity contribution in [3.05, 3.63) is 41.5 Å². The van der Waals surface area contributed by atoms with Crippen LogP contribution in [-0.4, -0.2) is 13.0 Å². The quantitative estimate of drug-likeness (QED) is 0.694. The van der Waals surface area contributed by atoms with E-state index in [1.807, 2.05) is 25.2 Å². The topological polar surface area (TPSA) is 20.3 Å². The van der Waals surface area contributed by atoms with Crippen LogP contribution in [0, 0.1) is 0 Å². The van der Waals surface area contributed by atoms with Crippen molar-refractivity contribution in [3.63, 3.8) is 0 Å². The van der Waals surface area contributed by atoms with Gasteiger partial charge in [0.05, 0.1) is 5.92 Å². The third-order valence-electron chi connectivity index (χ3n) is 3.06. The molecule has 0 radical (unpaired) electrons. The Morgan fingerprint density at radius 2 is 2.06 bits per heavy atom. The highest BCUT2D eigenvalue weighted by Crippen LogP contribution is 2.38. The zero-order valence-corrected chi connectivity index (χ0v) is 10.0. The molecule has 0 aromatic heterocycles. The van der Waals surface area contributed by atoms with Crippen molar-refractivity contribution < 1.29 is 4.79 Å². The molecular weight excluding hydrogens is 198 g/mol. The molecule has 2 heteroatoms. The number of amides is 1. The lowest BCUT2D eigenvalue weighted by atomic mass is 9.96. The fourth-order valence-corrected chi connectivity index (χ4v) is 2.15. The number of allylic oxidation sites excluding steroid dienone is 2. The summed E-state index contributed by atoms with van der Waals surface area (Å²) in [4.78, 5) is 13.8. The van der Waals surface area contributed by atoms with E-state index in [1.54, 1.807) is 4.90 Å². The van der Waals surface area contributed by atoms with Crippen molar-refractivity contribution in [2.75, 3.05) is 11.9 Å². The monoisotopic (exact) mass is 215 g/mol. The number of hydrogen-bond acceptors (Lipinski definition) is 1. The molecule has 2 rings (SSSR count). The lowest BCUT2D eigenvalue weighted by Gasteiger charge is -2.09. The minimum atomic E-state index is 0.0103. The first-order valence-electron chi connectivity index (χ1n) is 5.61. The maximum absolute atomic E-state index is 12.1. The Morgan fingerprint density at radius 3 is 2.75 bits per heavy atom. The second-order valence-corrected chi connectivity index (χ2v) is 4.53. The normalized spacial score (nSPS) is 18.6. The Balaban J connectivity index is 2.34. The van der Waals surface area contributed by atoms with Crippen LogP contribution < -0.4 is 4.90 Å². The molecule has 84 valence electrons. The molecule has 0 fully saturated rings. The van der Waals surface area contributed by atoms with Crippen molar-refractivity contribution >= 4 is 11.6 Å². The Morgan fingerprint density at radius 1 is 1.38 bits per heavy atom. The molecule has 0 saturated heterocycles. The van der Waals surface area contributed by atoms with Crippen LogP contribution in [0.15, 0.2) is 35.9 Å². The summed E-state index contributed by atoms with van der Waals surface area (Å²) in [6.07, 6.45) is 2.95. The molecule has 0 N–H and O–H groups in total. The molecule has 1 aliphatic heterocycles. The minimum absolute atomic E-state index is 0.0103. The van der Waals surface area contributed by atoms with E-state index in [9.17, 15) is 4.79 Å². The van der Waals surface area contributed by atoms with Gasteiger partial charge in [0.1, 0.15) is 0 Å². The molecule has 0 aliphatic carbocycles. The van der Waals surface area contributed by atoms with Crippen molar-refractivity contribution in [3.8, 4) is 0 Å². The fraction of sp³-hybridized carbons (Fsp3) is 0.357. The third-order valence-corrected chi connectivity index (χ3v) is 3.06. The number of nitrogens with zero attached hydrogens (tertiary/aromatic N) is 1. The van der Waals surface area contributed by atoms with Gasteiger partial charge in [0.15, 0.2) is 0 Å². The van der Waals surface area contributed by atoms with E-state index in [4.69, 9.17) is 0 Å². The Hall–Kier alpha value is -1.57. The van der Waals surface area contributed by atoms with Gasteiger partial charge in [0, 0.05) is 12.7 Å². The molecule has 1 aromatic carbocycles. The lowest BCUT2D eigenvalue weighted by molar-refractivity contribution is -0.118. The summed E-state index contributed by atoms with van der Waals surface area (Å²) in [7, 11) is 1.85. The second kappa shape index (κ2) is 4.12. The first kappa shape index (κ1) is 10.9. The summed E-state index contributed by atoms with van der Waals surface area (Å²) in [5.41, 5.74) is 3.48. The summed E-state index contributed by atoms with van der Waals surface area (Å²) in [6.45, 7) is 4.13. The molecule has 1 aliphatic rings. The van der Waals surface area contributed by atoms with Crippen molar-refractivity contribution in [1.29, 1.82) is 0 Å². The molecule has 1 atom stereocenters. The van der Waals surface area contributed by atoms with Gasteiger partial charge in [-0.15, -0.1) is 0 Å². The van der Waals surface area contributed by atoms with Crippen LogP contribution in [0.5, 0.6) is 0 Å². The smallest absolute Gasteiger partial charge is 0.234 e. The van der Waals surface area contributed by atoms with E-state index in [-0.39, 0.29) is 11.8 Å². The second-order valence-electron chi connectivity index (χ2n) is 4.53. The summed E-state index contributed by atoms with van der Waals surface area (Å²) < 4.78 is 0. The predicted octanol–water partition coefficient (Wildman–Crippen LogP) is 3.10. The molecule has 16 heavy (non-hydrogen) atoms. The predicted molar refractivity (Wildman–Crippen MR) is 66.6 cm³/mol. The van der Waals surface area contributed by atoms with Crippen LogP contribution in [0.4, 0.5) is 5.69 Å². The Kier molecular flexibility index (Phi) is 2.82. The Labute approximate surface area is 96.6 Å². The molecule has 0 bridgehead atoms. The van der Waals surface area contributed by atoms with Crippen LogP contribution in [-0.2, 0) is 4.79 Å². The molecule has 0 saturated carbocycles. The first-order chi connectivity index (χ1) is 7.61. The van der Waals surface area contributed by atoms with Crippen molar-refractivity contribution in [2.45, 2.75) is 26.2 Å². The van der Waals surface area contributed by atoms with E-state index in [2.05, 4.69) is 26.0 Å². The number of carbonyl (C=O) groups excluding carboxylic acids is 1. The Bertz CT molecular complexity index is 444. The maximum Gasteiger partial charge on any atom is 0.234 e. The molecule has 0 spiro atoms. The summed E-state index contributed by atoms with van der Waals surface area (Å²) in [6, 6.07) is 8.04. The van der Waals surface area contributed by atoms with Gasteiger partial charge in [0.25, 0.3) is 0 Å². The molecule has 1 unspecified atom stereocenters. The van der Waals surface area contributed by atoms with Gasteiger partial charge in [-0.05, 0) is 31.9 Å². The van der Waals surface area contributed by atoms with E-state index in [1.165, 1.54) is 5.57 Å². The largest absolute Gasteiger partial charge is 0.315 e. The summed E-state index contributed by atoms with van der Waals surface area (Å²) in [5, 5.41) is 0. The van der Waals surface area contributed by atoms with Crippen molar-refractivity contribution in [2.24, 2.45) is 0 Å². The zero-order chi connectivity index (χ0) is 11.7. The lowest BCUT2D eigenvalue weighted by Crippen LogP contribution is -2.23. The first-order valence-corrected chi connectivity index (χ1v) is 5.61. The van der Waals surface area contributed by atoms with E-state index in [0.717, 1.165) is 17.7 Å². The number of fused-ring (bicyclic) bond motifs is 1. The molecule has 1 aromatic rings. The van der Waals surface area contributed by atoms with Crippen LogP contribution in [0.25, 0.3) is 0 Å². The molecule has 1 heterocycles. The molecular formula is C14H17NO. The van der Waals surface area contributed by atoms with Crippen LogP contribution >= 0.6 is 0 Å². The van der Waals surface area contributed by atoms with Gasteiger partial charge in [-0.3, -0.25) is 4.79 Å². The average Bonchev–Trinajstić information content (AvgIpc) is 2.50. The number of carbonyl (C=O) groups is 1. The van der Waals surface area contributed by atoms with Crippen LogP contribution in [0.3, 0.4) is 0 Å². The highest BCUT2D eigenvalue weighted by molar-refractivity contribution is 6.04. The highest BCUT2D eigenvalue weighted by Gasteiger charge is 2.33. The van der Waals surface area contributed by atoms with Gasteiger partial charge in [-0.1, -0.05) is 29.8 Å². The van der Waals surface area contributed by atoms with Gasteiger partial charge in [-0.25, -0.2) is 0 Å². The SMILES string of the molecule is CC(C)=CCC1C(=O)N(C)c2ccccc21. The number of anilines is 1. The van der Waals surface area contributed by atoms with Gasteiger partial charge >= 0.3 is 0 Å². The number of hydrogen-bond donors (Lipinski definition) is 0. The fourth-order valence-electron chi connectivity index (χ4n) is 2.15. The minimum Gasteiger partial charge on any atom is -0.315 e. The summed E-state index contributed by atoms with van der Waals surface area (Å²) in [5.74, 6) is 0.217. The highest BCUT2D eigenvalue weighted by atomic mass is 16.2. The molecule has 1 amide bonds. The zero-order valence-electron chi connectivity index (χ0n) is 10.0. The number of para-hydroxylation sites is 1. The standard InChI is InChI=1S/C14H17NO/c1-10(2)8-9-12-11-6-4-5-7-13(11)15(3)14(12)16/h4-8,12H,9H2,1-3H3. The van der Waals surface area contributed by atoms with E-state index in [0.29, 0.717) is 0 Å². The van der Waals surface area contributed by atoms with Crippen LogP contribution in [0.2, 0.25) is 0 Å². The third kappa shape index (κ3) is 1.75. The number of likely N-dealkylation sites (N-methyl/N-ethyl adjacent to an activating group) is 1. The average molecular weight is 215 g/mol. The van der Waals surface area contributed by atoms with E-state index >= 15 is 0 Å². The van der Waals surface area contributed by atoms with Gasteiger partial charge in [0.2, 0.25) is 5.91 Å². The molecule has 2 nitrogen and oxygen atoms in total. The van der Waals surface area contributed by atoms with Gasteiger partial charge < -0.3 is 4.90 Å². The number of benzene rings is 1. The number of rotatable bonds is 2. The van der Waals surface area contributed by atoms with E-state index < -0.39 is 0 Å². The maximum atomic E-state index is 12.1.